The lowest BCUT2D eigenvalue weighted by Gasteiger charge is -2.39. The summed E-state index contributed by atoms with van der Waals surface area (Å²) in [7, 11) is 2.08. The molecule has 2 aromatic heterocycles. The number of hydrogen-bond donors (Lipinski definition) is 2. The van der Waals surface area contributed by atoms with E-state index in [0.717, 1.165) is 52.0 Å². The van der Waals surface area contributed by atoms with Crippen molar-refractivity contribution in [3.63, 3.8) is 0 Å². The molecule has 0 amide bonds. The molecule has 0 aromatic carbocycles. The van der Waals surface area contributed by atoms with Crippen molar-refractivity contribution < 1.29 is 13.2 Å². The van der Waals surface area contributed by atoms with Crippen LogP contribution in [0.5, 0.6) is 0 Å². The van der Waals surface area contributed by atoms with Gasteiger partial charge in [-0.3, -0.25) is 14.8 Å². The molecule has 172 valence electrons. The molecule has 3 aliphatic heterocycles. The van der Waals surface area contributed by atoms with Crippen molar-refractivity contribution >= 4 is 10.9 Å². The first kappa shape index (κ1) is 21.1. The highest BCUT2D eigenvalue weighted by molar-refractivity contribution is 5.81. The number of piperidine rings is 1. The van der Waals surface area contributed by atoms with Crippen molar-refractivity contribution in [1.82, 2.24) is 29.9 Å². The maximum Gasteiger partial charge on any atom is 0.433 e. The average molecular weight is 448 g/mol. The van der Waals surface area contributed by atoms with Crippen LogP contribution < -0.4 is 5.56 Å². The summed E-state index contributed by atoms with van der Waals surface area (Å²) in [6.45, 7) is 4.68. The van der Waals surface area contributed by atoms with E-state index >= 15 is 0 Å². The molecule has 2 saturated heterocycles. The number of hydrogen-bond acceptors (Lipinski definition) is 5. The molecule has 2 N–H and O–H groups in total. The molecule has 5 rings (SSSR count). The first-order valence-corrected chi connectivity index (χ1v) is 11.1. The summed E-state index contributed by atoms with van der Waals surface area (Å²) in [4.78, 5) is 22.2. The summed E-state index contributed by atoms with van der Waals surface area (Å²) in [6, 6.07) is 2.08. The zero-order chi connectivity index (χ0) is 22.5. The normalized spacial score (nSPS) is 23.4. The molecule has 32 heavy (non-hydrogen) atoms. The van der Waals surface area contributed by atoms with Gasteiger partial charge in [0.25, 0.3) is 5.56 Å². The smallest absolute Gasteiger partial charge is 0.375 e. The highest BCUT2D eigenvalue weighted by Crippen LogP contribution is 2.34. The third kappa shape index (κ3) is 3.92. The van der Waals surface area contributed by atoms with Crippen LogP contribution in [0.25, 0.3) is 10.9 Å². The van der Waals surface area contributed by atoms with E-state index in [1.54, 1.807) is 6.07 Å². The van der Waals surface area contributed by atoms with E-state index in [9.17, 15) is 18.0 Å². The molecule has 7 nitrogen and oxygen atoms in total. The largest absolute Gasteiger partial charge is 0.433 e. The quantitative estimate of drug-likeness (QED) is 0.756. The minimum atomic E-state index is -4.64. The Balaban J connectivity index is 1.25. The minimum Gasteiger partial charge on any atom is -0.375 e. The predicted octanol–water partition coefficient (Wildman–Crippen LogP) is 2.87. The zero-order valence-electron chi connectivity index (χ0n) is 18.0. The van der Waals surface area contributed by atoms with Crippen molar-refractivity contribution in [2.45, 2.75) is 37.4 Å². The fourth-order valence-electron chi connectivity index (χ4n) is 5.20. The fraction of sp³-hybridized carbons (Fsp3) is 0.545. The van der Waals surface area contributed by atoms with Crippen molar-refractivity contribution in [3.05, 3.63) is 51.9 Å². The second-order valence-corrected chi connectivity index (χ2v) is 9.01. The Bertz CT molecular complexity index is 1110. The summed E-state index contributed by atoms with van der Waals surface area (Å²) in [5.74, 6) is 0.0915. The van der Waals surface area contributed by atoms with Crippen LogP contribution in [-0.4, -0.2) is 75.7 Å². The number of nitrogens with one attached hydrogen (secondary N) is 2. The molecule has 2 aromatic rings. The van der Waals surface area contributed by atoms with Crippen molar-refractivity contribution in [2.75, 3.05) is 39.8 Å². The van der Waals surface area contributed by atoms with E-state index in [1.165, 1.54) is 5.70 Å². The van der Waals surface area contributed by atoms with Gasteiger partial charge in [0.05, 0.1) is 16.6 Å². The lowest BCUT2D eigenvalue weighted by molar-refractivity contribution is -0.140. The van der Waals surface area contributed by atoms with Gasteiger partial charge < -0.3 is 14.8 Å². The molecule has 0 radical (unpaired) electrons. The first-order chi connectivity index (χ1) is 15.3. The molecule has 3 aliphatic rings. The van der Waals surface area contributed by atoms with Gasteiger partial charge >= 0.3 is 6.18 Å². The van der Waals surface area contributed by atoms with Crippen LogP contribution in [0.2, 0.25) is 0 Å². The monoisotopic (exact) mass is 448 g/mol. The Hall–Kier alpha value is -2.75. The van der Waals surface area contributed by atoms with Crippen molar-refractivity contribution in [3.8, 4) is 0 Å². The van der Waals surface area contributed by atoms with E-state index in [4.69, 9.17) is 0 Å². The van der Waals surface area contributed by atoms with Crippen LogP contribution in [0.1, 0.15) is 36.6 Å². The van der Waals surface area contributed by atoms with Crippen molar-refractivity contribution in [2.24, 2.45) is 0 Å². The molecule has 0 saturated carbocycles. The van der Waals surface area contributed by atoms with Crippen LogP contribution in [-0.2, 0) is 6.18 Å². The lowest BCUT2D eigenvalue weighted by atomic mass is 10.0. The molecule has 1 atom stereocenters. The first-order valence-electron chi connectivity index (χ1n) is 11.1. The number of aromatic amines is 2. The molecule has 0 bridgehead atoms. The molecule has 0 spiro atoms. The van der Waals surface area contributed by atoms with Gasteiger partial charge in [-0.1, -0.05) is 6.08 Å². The SMILES string of the molecule is CN1C=C(N2CCC(N3CCC(c4cc5n[nH]c(C(F)(F)F)c5c(=O)[nH]4)C3)CC2)C=CC1. The number of allylic oxidation sites excluding steroid dienone is 1. The summed E-state index contributed by atoms with van der Waals surface area (Å²) in [5, 5.41) is 5.31. The fourth-order valence-corrected chi connectivity index (χ4v) is 5.20. The second kappa shape index (κ2) is 7.99. The van der Waals surface area contributed by atoms with Gasteiger partial charge in [-0.05, 0) is 37.9 Å². The summed E-state index contributed by atoms with van der Waals surface area (Å²) < 4.78 is 39.3. The van der Waals surface area contributed by atoms with Crippen LogP contribution >= 0.6 is 0 Å². The molecular weight excluding hydrogens is 421 g/mol. The summed E-state index contributed by atoms with van der Waals surface area (Å²) >= 11 is 0. The number of likely N-dealkylation sites (N-methyl/N-ethyl adjacent to an activating group) is 1. The molecule has 2 fully saturated rings. The Morgan fingerprint density at radius 1 is 1.16 bits per heavy atom. The van der Waals surface area contributed by atoms with Gasteiger partial charge in [0.2, 0.25) is 0 Å². The Labute approximate surface area is 183 Å². The third-order valence-corrected chi connectivity index (χ3v) is 6.90. The standard InChI is InChI=1S/C22H27F3N6O/c1-29-7-2-3-16(13-29)30-9-5-15(6-10-30)31-8-4-14(12-31)17-11-18-19(21(32)26-17)20(28-27-18)22(23,24)25/h2-3,11,13-15H,4-10,12H2,1H3,(H,26,32)(H,27,28). The second-order valence-electron chi connectivity index (χ2n) is 9.01. The van der Waals surface area contributed by atoms with Gasteiger partial charge in [0.15, 0.2) is 5.69 Å². The molecule has 1 unspecified atom stereocenters. The topological polar surface area (TPSA) is 71.3 Å². The number of nitrogens with zero attached hydrogens (tertiary/aromatic N) is 4. The van der Waals surface area contributed by atoms with E-state index in [2.05, 4.69) is 50.2 Å². The van der Waals surface area contributed by atoms with Gasteiger partial charge in [-0.15, -0.1) is 0 Å². The number of halogens is 3. The molecular formula is C22H27F3N6O. The maximum absolute atomic E-state index is 13.1. The highest BCUT2D eigenvalue weighted by atomic mass is 19.4. The average Bonchev–Trinajstić information content (AvgIpc) is 3.41. The summed E-state index contributed by atoms with van der Waals surface area (Å²) in [6.07, 6.45) is 4.95. The number of fused-ring (bicyclic) bond motifs is 1. The Morgan fingerprint density at radius 3 is 2.66 bits per heavy atom. The van der Waals surface area contributed by atoms with Gasteiger partial charge in [0, 0.05) is 57.1 Å². The number of rotatable bonds is 3. The summed E-state index contributed by atoms with van der Waals surface area (Å²) in [5.41, 5.74) is 0.183. The van der Waals surface area contributed by atoms with E-state index in [-0.39, 0.29) is 11.4 Å². The zero-order valence-corrected chi connectivity index (χ0v) is 18.0. The predicted molar refractivity (Wildman–Crippen MR) is 115 cm³/mol. The maximum atomic E-state index is 13.1. The van der Waals surface area contributed by atoms with E-state index in [0.29, 0.717) is 11.7 Å². The third-order valence-electron chi connectivity index (χ3n) is 6.90. The van der Waals surface area contributed by atoms with E-state index in [1.807, 2.05) is 5.10 Å². The number of pyridine rings is 1. The minimum absolute atomic E-state index is 0.0709. The van der Waals surface area contributed by atoms with Crippen LogP contribution in [0.15, 0.2) is 34.9 Å². The van der Waals surface area contributed by atoms with Gasteiger partial charge in [-0.25, -0.2) is 0 Å². The van der Waals surface area contributed by atoms with Gasteiger partial charge in [0.1, 0.15) is 0 Å². The number of H-pyrrole nitrogens is 2. The van der Waals surface area contributed by atoms with Crippen LogP contribution in [0.4, 0.5) is 13.2 Å². The van der Waals surface area contributed by atoms with Crippen LogP contribution in [0, 0.1) is 0 Å². The Kier molecular flexibility index (Phi) is 5.27. The lowest BCUT2D eigenvalue weighted by Crippen LogP contribution is -2.44. The highest BCUT2D eigenvalue weighted by Gasteiger charge is 2.37. The number of alkyl halides is 3. The number of aromatic nitrogens is 3. The molecule has 0 aliphatic carbocycles. The Morgan fingerprint density at radius 2 is 1.94 bits per heavy atom. The van der Waals surface area contributed by atoms with E-state index < -0.39 is 22.8 Å². The molecule has 5 heterocycles. The van der Waals surface area contributed by atoms with Gasteiger partial charge in [-0.2, -0.15) is 18.3 Å². The number of likely N-dealkylation sites (tertiary alicyclic amines) is 2. The molecule has 10 heteroatoms. The van der Waals surface area contributed by atoms with Crippen molar-refractivity contribution in [1.29, 1.82) is 0 Å². The van der Waals surface area contributed by atoms with Crippen LogP contribution in [0.3, 0.4) is 0 Å².